The zero-order chi connectivity index (χ0) is 14.0. The molecule has 5 nitrogen and oxygen atoms in total. The summed E-state index contributed by atoms with van der Waals surface area (Å²) in [7, 11) is 0. The average molecular weight is 348 g/mol. The van der Waals surface area contributed by atoms with Crippen LogP contribution in [0.15, 0.2) is 9.98 Å². The third kappa shape index (κ3) is 3.90. The van der Waals surface area contributed by atoms with Gasteiger partial charge in [-0.1, -0.05) is 11.3 Å². The van der Waals surface area contributed by atoms with Crippen molar-refractivity contribution in [3.8, 4) is 0 Å². The SMILES string of the molecule is CC(C)(C)C(=O)ON1CCN(c2ncc(Br)s2)CC1. The molecule has 0 unspecified atom stereocenters. The van der Waals surface area contributed by atoms with Crippen LogP contribution in [0, 0.1) is 5.41 Å². The van der Waals surface area contributed by atoms with Gasteiger partial charge in [0.2, 0.25) is 0 Å². The summed E-state index contributed by atoms with van der Waals surface area (Å²) in [4.78, 5) is 23.7. The molecule has 1 aliphatic heterocycles. The maximum absolute atomic E-state index is 11.8. The highest BCUT2D eigenvalue weighted by Crippen LogP contribution is 2.27. The fourth-order valence-corrected chi connectivity index (χ4v) is 2.85. The first-order chi connectivity index (χ1) is 8.86. The third-order valence-corrected chi connectivity index (χ3v) is 4.34. The fourth-order valence-electron chi connectivity index (χ4n) is 1.62. The van der Waals surface area contributed by atoms with E-state index in [4.69, 9.17) is 4.84 Å². The molecular weight excluding hydrogens is 330 g/mol. The van der Waals surface area contributed by atoms with Crippen LogP contribution in [0.5, 0.6) is 0 Å². The van der Waals surface area contributed by atoms with E-state index in [-0.39, 0.29) is 5.97 Å². The Balaban J connectivity index is 1.84. The van der Waals surface area contributed by atoms with E-state index >= 15 is 0 Å². The summed E-state index contributed by atoms with van der Waals surface area (Å²) in [5.41, 5.74) is -0.461. The van der Waals surface area contributed by atoms with Crippen LogP contribution in [0.25, 0.3) is 0 Å². The number of halogens is 1. The average Bonchev–Trinajstić information content (AvgIpc) is 2.75. The van der Waals surface area contributed by atoms with Crippen LogP contribution in [0.1, 0.15) is 20.8 Å². The number of anilines is 1. The van der Waals surface area contributed by atoms with Crippen LogP contribution in [0.3, 0.4) is 0 Å². The highest BCUT2D eigenvalue weighted by molar-refractivity contribution is 9.11. The van der Waals surface area contributed by atoms with E-state index in [0.29, 0.717) is 13.1 Å². The van der Waals surface area contributed by atoms with Gasteiger partial charge in [0.05, 0.1) is 28.5 Å². The molecule has 19 heavy (non-hydrogen) atoms. The number of aromatic nitrogens is 1. The molecule has 0 bridgehead atoms. The number of carbonyl (C=O) groups excluding carboxylic acids is 1. The molecule has 0 amide bonds. The number of carbonyl (C=O) groups is 1. The van der Waals surface area contributed by atoms with E-state index in [1.807, 2.05) is 27.0 Å². The van der Waals surface area contributed by atoms with Crippen molar-refractivity contribution in [2.24, 2.45) is 5.41 Å². The second kappa shape index (κ2) is 5.76. The monoisotopic (exact) mass is 347 g/mol. The predicted molar refractivity (Wildman–Crippen MR) is 79.1 cm³/mol. The van der Waals surface area contributed by atoms with Crippen molar-refractivity contribution in [2.75, 3.05) is 31.1 Å². The predicted octanol–water partition coefficient (Wildman–Crippen LogP) is 2.53. The van der Waals surface area contributed by atoms with Crippen molar-refractivity contribution in [1.82, 2.24) is 10.0 Å². The zero-order valence-corrected chi connectivity index (χ0v) is 13.8. The minimum absolute atomic E-state index is 0.182. The molecule has 1 aromatic heterocycles. The van der Waals surface area contributed by atoms with E-state index < -0.39 is 5.41 Å². The molecule has 0 radical (unpaired) electrons. The van der Waals surface area contributed by atoms with Crippen molar-refractivity contribution in [2.45, 2.75) is 20.8 Å². The molecule has 0 spiro atoms. The maximum atomic E-state index is 11.8. The summed E-state index contributed by atoms with van der Waals surface area (Å²) in [5.74, 6) is -0.182. The lowest BCUT2D eigenvalue weighted by atomic mass is 9.98. The molecule has 7 heteroatoms. The van der Waals surface area contributed by atoms with E-state index in [9.17, 15) is 4.79 Å². The molecule has 0 saturated carbocycles. The van der Waals surface area contributed by atoms with Gasteiger partial charge in [0.25, 0.3) is 0 Å². The second-order valence-electron chi connectivity index (χ2n) is 5.49. The first kappa shape index (κ1) is 14.7. The van der Waals surface area contributed by atoms with Gasteiger partial charge in [0.1, 0.15) is 0 Å². The van der Waals surface area contributed by atoms with Gasteiger partial charge in [-0.15, -0.1) is 5.06 Å². The number of nitrogens with zero attached hydrogens (tertiary/aromatic N) is 3. The molecule has 0 atom stereocenters. The highest BCUT2D eigenvalue weighted by atomic mass is 79.9. The molecule has 2 heterocycles. The van der Waals surface area contributed by atoms with Crippen LogP contribution in [0.2, 0.25) is 0 Å². The number of thiazole rings is 1. The maximum Gasteiger partial charge on any atom is 0.330 e. The van der Waals surface area contributed by atoms with Crippen LogP contribution in [-0.2, 0) is 9.63 Å². The Labute approximate surface area is 125 Å². The highest BCUT2D eigenvalue weighted by Gasteiger charge is 2.28. The molecule has 2 rings (SSSR count). The van der Waals surface area contributed by atoms with Gasteiger partial charge >= 0.3 is 5.97 Å². The van der Waals surface area contributed by atoms with Crippen molar-refractivity contribution in [1.29, 1.82) is 0 Å². The molecule has 0 N–H and O–H groups in total. The van der Waals surface area contributed by atoms with Crippen LogP contribution in [-0.4, -0.2) is 42.2 Å². The zero-order valence-electron chi connectivity index (χ0n) is 11.4. The van der Waals surface area contributed by atoms with Crippen LogP contribution >= 0.6 is 27.3 Å². The Hall–Kier alpha value is -0.660. The molecule has 1 aromatic rings. The van der Waals surface area contributed by atoms with Gasteiger partial charge in [-0.3, -0.25) is 0 Å². The van der Waals surface area contributed by atoms with E-state index in [0.717, 1.165) is 22.0 Å². The summed E-state index contributed by atoms with van der Waals surface area (Å²) in [6.45, 7) is 8.63. The van der Waals surface area contributed by atoms with Gasteiger partial charge in [-0.25, -0.2) is 9.78 Å². The van der Waals surface area contributed by atoms with Gasteiger partial charge < -0.3 is 9.74 Å². The molecule has 0 aliphatic carbocycles. The molecule has 106 valence electrons. The molecule has 1 aliphatic rings. The van der Waals surface area contributed by atoms with E-state index in [1.54, 1.807) is 16.4 Å². The smallest absolute Gasteiger partial charge is 0.330 e. The minimum Gasteiger partial charge on any atom is -0.367 e. The van der Waals surface area contributed by atoms with Crippen molar-refractivity contribution < 1.29 is 9.63 Å². The lowest BCUT2D eigenvalue weighted by molar-refractivity contribution is -0.201. The Morgan fingerprint density at radius 1 is 1.37 bits per heavy atom. The van der Waals surface area contributed by atoms with Gasteiger partial charge in [-0.05, 0) is 36.7 Å². The molecule has 1 fully saturated rings. The molecular formula is C12H18BrN3O2S. The van der Waals surface area contributed by atoms with Crippen molar-refractivity contribution in [3.05, 3.63) is 9.98 Å². The standard InChI is InChI=1S/C12H18BrN3O2S/c1-12(2,3)10(17)18-16-6-4-15(5-7-16)11-14-8-9(13)19-11/h8H,4-7H2,1-3H3. The van der Waals surface area contributed by atoms with Gasteiger partial charge in [0.15, 0.2) is 5.13 Å². The normalized spacial score (nSPS) is 17.6. The first-order valence-electron chi connectivity index (χ1n) is 6.20. The Morgan fingerprint density at radius 2 is 2.00 bits per heavy atom. The lowest BCUT2D eigenvalue weighted by Crippen LogP contribution is -2.48. The minimum atomic E-state index is -0.461. The number of hydrogen-bond acceptors (Lipinski definition) is 6. The molecule has 1 saturated heterocycles. The Kier molecular flexibility index (Phi) is 4.47. The van der Waals surface area contributed by atoms with Crippen molar-refractivity contribution >= 4 is 38.4 Å². The quantitative estimate of drug-likeness (QED) is 0.822. The van der Waals surface area contributed by atoms with E-state index in [1.165, 1.54) is 0 Å². The summed E-state index contributed by atoms with van der Waals surface area (Å²) in [6.07, 6.45) is 1.81. The largest absolute Gasteiger partial charge is 0.367 e. The van der Waals surface area contributed by atoms with Crippen molar-refractivity contribution in [3.63, 3.8) is 0 Å². The second-order valence-corrected chi connectivity index (χ2v) is 7.88. The number of hydroxylamine groups is 2. The lowest BCUT2D eigenvalue weighted by Gasteiger charge is -2.34. The van der Waals surface area contributed by atoms with Gasteiger partial charge in [0, 0.05) is 13.1 Å². The summed E-state index contributed by atoms with van der Waals surface area (Å²) in [6, 6.07) is 0. The van der Waals surface area contributed by atoms with Gasteiger partial charge in [-0.2, -0.15) is 0 Å². The van der Waals surface area contributed by atoms with Crippen LogP contribution < -0.4 is 4.90 Å². The number of hydrogen-bond donors (Lipinski definition) is 0. The number of rotatable bonds is 2. The molecule has 0 aromatic carbocycles. The summed E-state index contributed by atoms with van der Waals surface area (Å²) >= 11 is 5.03. The van der Waals surface area contributed by atoms with Crippen LogP contribution in [0.4, 0.5) is 5.13 Å². The fraction of sp³-hybridized carbons (Fsp3) is 0.667. The summed E-state index contributed by atoms with van der Waals surface area (Å²) in [5, 5.41) is 2.75. The Morgan fingerprint density at radius 3 is 2.47 bits per heavy atom. The first-order valence-corrected chi connectivity index (χ1v) is 7.81. The summed E-state index contributed by atoms with van der Waals surface area (Å²) < 4.78 is 1.03. The topological polar surface area (TPSA) is 45.7 Å². The Bertz CT molecular complexity index is 450. The van der Waals surface area contributed by atoms with E-state index in [2.05, 4.69) is 25.8 Å². The third-order valence-electron chi connectivity index (χ3n) is 2.80. The number of piperazine rings is 1.